The fraction of sp³-hybridized carbons (Fsp3) is 0.308. The van der Waals surface area contributed by atoms with Crippen LogP contribution in [0.4, 0.5) is 0 Å². The van der Waals surface area contributed by atoms with Crippen LogP contribution in [-0.4, -0.2) is 25.0 Å². The summed E-state index contributed by atoms with van der Waals surface area (Å²) in [5, 5.41) is 9.04. The molecule has 18 heavy (non-hydrogen) atoms. The fourth-order valence-corrected chi connectivity index (χ4v) is 1.93. The number of nitriles is 1. The molecule has 0 aliphatic carbocycles. The van der Waals surface area contributed by atoms with E-state index in [9.17, 15) is 9.59 Å². The van der Waals surface area contributed by atoms with E-state index in [-0.39, 0.29) is 24.6 Å². The van der Waals surface area contributed by atoms with Crippen molar-refractivity contribution in [3.05, 3.63) is 29.3 Å². The highest BCUT2D eigenvalue weighted by Crippen LogP contribution is 2.35. The summed E-state index contributed by atoms with van der Waals surface area (Å²) in [6.07, 6.45) is 0. The van der Waals surface area contributed by atoms with E-state index in [4.69, 9.17) is 14.7 Å². The second kappa shape index (κ2) is 4.88. The van der Waals surface area contributed by atoms with Crippen LogP contribution >= 0.6 is 0 Å². The van der Waals surface area contributed by atoms with Gasteiger partial charge < -0.3 is 9.47 Å². The van der Waals surface area contributed by atoms with Crippen LogP contribution in [0.25, 0.3) is 0 Å². The SMILES string of the molecule is CCOC(=O)C1C(=O)COc2cccc(C#N)c21. The highest BCUT2D eigenvalue weighted by atomic mass is 16.5. The molecule has 0 N–H and O–H groups in total. The minimum absolute atomic E-state index is 0.175. The first kappa shape index (κ1) is 12.1. The Morgan fingerprint density at radius 1 is 1.61 bits per heavy atom. The lowest BCUT2D eigenvalue weighted by molar-refractivity contribution is -0.149. The van der Waals surface area contributed by atoms with Gasteiger partial charge in [-0.05, 0) is 19.1 Å². The number of fused-ring (bicyclic) bond motifs is 1. The number of carbonyl (C=O) groups is 2. The van der Waals surface area contributed by atoms with Crippen molar-refractivity contribution in [1.29, 1.82) is 5.26 Å². The highest BCUT2D eigenvalue weighted by molar-refractivity contribution is 6.07. The lowest BCUT2D eigenvalue weighted by Crippen LogP contribution is -2.33. The molecule has 1 aliphatic rings. The molecule has 0 aromatic heterocycles. The van der Waals surface area contributed by atoms with Crippen molar-refractivity contribution < 1.29 is 19.1 Å². The van der Waals surface area contributed by atoms with E-state index in [0.717, 1.165) is 0 Å². The predicted molar refractivity (Wildman–Crippen MR) is 61.0 cm³/mol. The average Bonchev–Trinajstić information content (AvgIpc) is 2.38. The number of hydrogen-bond donors (Lipinski definition) is 0. The van der Waals surface area contributed by atoms with Gasteiger partial charge in [-0.2, -0.15) is 5.26 Å². The Hall–Kier alpha value is -2.35. The van der Waals surface area contributed by atoms with E-state index in [1.807, 2.05) is 6.07 Å². The largest absolute Gasteiger partial charge is 0.485 e. The summed E-state index contributed by atoms with van der Waals surface area (Å²) in [4.78, 5) is 23.6. The van der Waals surface area contributed by atoms with Crippen LogP contribution < -0.4 is 4.74 Å². The van der Waals surface area contributed by atoms with Gasteiger partial charge in [0.2, 0.25) is 0 Å². The van der Waals surface area contributed by atoms with Gasteiger partial charge in [0, 0.05) is 5.56 Å². The minimum atomic E-state index is -1.05. The molecule has 0 amide bonds. The predicted octanol–water partition coefficient (Wildman–Crippen LogP) is 1.17. The van der Waals surface area contributed by atoms with Gasteiger partial charge in [-0.25, -0.2) is 0 Å². The van der Waals surface area contributed by atoms with E-state index >= 15 is 0 Å². The number of benzene rings is 1. The van der Waals surface area contributed by atoms with Gasteiger partial charge in [0.15, 0.2) is 5.78 Å². The summed E-state index contributed by atoms with van der Waals surface area (Å²) >= 11 is 0. The number of ether oxygens (including phenoxy) is 2. The molecule has 0 saturated carbocycles. The minimum Gasteiger partial charge on any atom is -0.485 e. The normalized spacial score (nSPS) is 17.3. The van der Waals surface area contributed by atoms with Crippen LogP contribution in [0.1, 0.15) is 24.0 Å². The van der Waals surface area contributed by atoms with E-state index in [1.165, 1.54) is 0 Å². The molecule has 0 radical (unpaired) electrons. The number of carbonyl (C=O) groups excluding carboxylic acids is 2. The van der Waals surface area contributed by atoms with Crippen LogP contribution in [-0.2, 0) is 14.3 Å². The van der Waals surface area contributed by atoms with Gasteiger partial charge in [0.1, 0.15) is 18.3 Å². The Bertz CT molecular complexity index is 544. The summed E-state index contributed by atoms with van der Waals surface area (Å²) in [5.74, 6) is -1.67. The number of hydrogen-bond acceptors (Lipinski definition) is 5. The molecule has 5 heteroatoms. The van der Waals surface area contributed by atoms with Gasteiger partial charge in [-0.1, -0.05) is 6.07 Å². The molecule has 0 saturated heterocycles. The standard InChI is InChI=1S/C13H11NO4/c1-2-17-13(16)12-9(15)7-18-10-5-3-4-8(6-14)11(10)12/h3-5,12H,2,7H2,1H3. The molecule has 2 rings (SSSR count). The third kappa shape index (κ3) is 1.93. The van der Waals surface area contributed by atoms with Crippen molar-refractivity contribution in [3.63, 3.8) is 0 Å². The van der Waals surface area contributed by atoms with Gasteiger partial charge in [-0.15, -0.1) is 0 Å². The molecule has 1 aliphatic heterocycles. The zero-order chi connectivity index (χ0) is 13.1. The third-order valence-electron chi connectivity index (χ3n) is 2.69. The number of nitrogens with zero attached hydrogens (tertiary/aromatic N) is 1. The second-order valence-corrected chi connectivity index (χ2v) is 3.77. The first-order valence-corrected chi connectivity index (χ1v) is 5.54. The Kier molecular flexibility index (Phi) is 3.28. The molecular formula is C13H11NO4. The lowest BCUT2D eigenvalue weighted by Gasteiger charge is -2.24. The monoisotopic (exact) mass is 245 g/mol. The molecule has 92 valence electrons. The van der Waals surface area contributed by atoms with Crippen LogP contribution in [0.3, 0.4) is 0 Å². The lowest BCUT2D eigenvalue weighted by atomic mass is 9.88. The molecule has 1 aromatic carbocycles. The van der Waals surface area contributed by atoms with Crippen molar-refractivity contribution >= 4 is 11.8 Å². The van der Waals surface area contributed by atoms with Gasteiger partial charge >= 0.3 is 5.97 Å². The van der Waals surface area contributed by atoms with Crippen molar-refractivity contribution in [2.75, 3.05) is 13.2 Å². The second-order valence-electron chi connectivity index (χ2n) is 3.77. The van der Waals surface area contributed by atoms with E-state index in [1.54, 1.807) is 25.1 Å². The van der Waals surface area contributed by atoms with Gasteiger partial charge in [0.25, 0.3) is 0 Å². The molecule has 5 nitrogen and oxygen atoms in total. The number of ketones is 1. The van der Waals surface area contributed by atoms with E-state index < -0.39 is 11.9 Å². The molecule has 0 fully saturated rings. The molecule has 1 atom stereocenters. The summed E-state index contributed by atoms with van der Waals surface area (Å²) in [7, 11) is 0. The maximum atomic E-state index is 11.8. The van der Waals surface area contributed by atoms with Crippen molar-refractivity contribution in [2.24, 2.45) is 0 Å². The van der Waals surface area contributed by atoms with Gasteiger partial charge in [-0.3, -0.25) is 9.59 Å². The summed E-state index contributed by atoms with van der Waals surface area (Å²) in [6, 6.07) is 6.79. The highest BCUT2D eigenvalue weighted by Gasteiger charge is 2.37. The molecule has 0 bridgehead atoms. The smallest absolute Gasteiger partial charge is 0.321 e. The zero-order valence-electron chi connectivity index (χ0n) is 9.80. The Balaban J connectivity index is 2.53. The van der Waals surface area contributed by atoms with E-state index in [2.05, 4.69) is 0 Å². The first-order chi connectivity index (χ1) is 8.69. The maximum absolute atomic E-state index is 11.8. The molecular weight excluding hydrogens is 234 g/mol. The number of esters is 1. The summed E-state index contributed by atoms with van der Waals surface area (Å²) in [6.45, 7) is 1.68. The number of Topliss-reactive ketones (excluding diaryl/α,β-unsaturated/α-hetero) is 1. The van der Waals surface area contributed by atoms with Crippen LogP contribution in [0, 0.1) is 11.3 Å². The molecule has 1 unspecified atom stereocenters. The van der Waals surface area contributed by atoms with Crippen LogP contribution in [0.5, 0.6) is 5.75 Å². The van der Waals surface area contributed by atoms with Crippen molar-refractivity contribution in [3.8, 4) is 11.8 Å². The third-order valence-corrected chi connectivity index (χ3v) is 2.69. The molecule has 1 aromatic rings. The topological polar surface area (TPSA) is 76.4 Å². The van der Waals surface area contributed by atoms with E-state index in [0.29, 0.717) is 11.3 Å². The Labute approximate surface area is 104 Å². The molecule has 0 spiro atoms. The Morgan fingerprint density at radius 3 is 3.06 bits per heavy atom. The van der Waals surface area contributed by atoms with Gasteiger partial charge in [0.05, 0.1) is 18.2 Å². The first-order valence-electron chi connectivity index (χ1n) is 5.54. The van der Waals surface area contributed by atoms with Crippen molar-refractivity contribution in [1.82, 2.24) is 0 Å². The fourth-order valence-electron chi connectivity index (χ4n) is 1.93. The zero-order valence-corrected chi connectivity index (χ0v) is 9.80. The maximum Gasteiger partial charge on any atom is 0.321 e. The summed E-state index contributed by atoms with van der Waals surface area (Å²) in [5.41, 5.74) is 0.577. The quantitative estimate of drug-likeness (QED) is 0.577. The Morgan fingerprint density at radius 2 is 2.39 bits per heavy atom. The molecule has 1 heterocycles. The van der Waals surface area contributed by atoms with Crippen LogP contribution in [0.15, 0.2) is 18.2 Å². The van der Waals surface area contributed by atoms with Crippen molar-refractivity contribution in [2.45, 2.75) is 12.8 Å². The number of rotatable bonds is 2. The summed E-state index contributed by atoms with van der Waals surface area (Å²) < 4.78 is 10.1. The average molecular weight is 245 g/mol. The van der Waals surface area contributed by atoms with Crippen LogP contribution in [0.2, 0.25) is 0 Å².